The summed E-state index contributed by atoms with van der Waals surface area (Å²) in [5, 5.41) is 4.31. The minimum Gasteiger partial charge on any atom is -0.271 e. The first-order valence-corrected chi connectivity index (χ1v) is 6.71. The van der Waals surface area contributed by atoms with Crippen LogP contribution in [0.25, 0.3) is 0 Å². The zero-order chi connectivity index (χ0) is 14.0. The lowest BCUT2D eigenvalue weighted by Gasteiger charge is -2.16. The minimum atomic E-state index is -0.266. The summed E-state index contributed by atoms with van der Waals surface area (Å²) >= 11 is 3.19. The summed E-state index contributed by atoms with van der Waals surface area (Å²) in [6, 6.07) is 6.89. The van der Waals surface area contributed by atoms with Gasteiger partial charge in [0.05, 0.1) is 21.9 Å². The second-order valence-corrected chi connectivity index (χ2v) is 5.36. The summed E-state index contributed by atoms with van der Waals surface area (Å²) in [7, 11) is 1.88. The van der Waals surface area contributed by atoms with Gasteiger partial charge in [0.25, 0.3) is 0 Å². The van der Waals surface area contributed by atoms with Crippen molar-refractivity contribution in [1.82, 2.24) is 15.2 Å². The number of hydrazine groups is 1. The molecule has 1 aromatic carbocycles. The predicted molar refractivity (Wildman–Crippen MR) is 75.8 cm³/mol. The van der Waals surface area contributed by atoms with Gasteiger partial charge in [-0.05, 0) is 53.0 Å². The van der Waals surface area contributed by atoms with Gasteiger partial charge in [0.1, 0.15) is 5.82 Å². The molecule has 0 amide bonds. The second kappa shape index (κ2) is 5.81. The minimum absolute atomic E-state index is 0.0661. The summed E-state index contributed by atoms with van der Waals surface area (Å²) in [5.41, 5.74) is 5.72. The van der Waals surface area contributed by atoms with Crippen molar-refractivity contribution < 1.29 is 4.39 Å². The molecule has 0 aliphatic rings. The third-order valence-electron chi connectivity index (χ3n) is 3.02. The first kappa shape index (κ1) is 14.2. The molecule has 0 radical (unpaired) electrons. The summed E-state index contributed by atoms with van der Waals surface area (Å²) < 4.78 is 15.5. The van der Waals surface area contributed by atoms with Crippen LogP contribution in [0.2, 0.25) is 0 Å². The van der Waals surface area contributed by atoms with Crippen LogP contribution in [0.3, 0.4) is 0 Å². The van der Waals surface area contributed by atoms with E-state index >= 15 is 0 Å². The Labute approximate surface area is 119 Å². The van der Waals surface area contributed by atoms with Crippen LogP contribution in [0.15, 0.2) is 28.7 Å². The molecule has 6 heteroatoms. The fourth-order valence-electron chi connectivity index (χ4n) is 2.11. The van der Waals surface area contributed by atoms with Crippen molar-refractivity contribution >= 4 is 15.9 Å². The highest BCUT2D eigenvalue weighted by Gasteiger charge is 2.16. The maximum absolute atomic E-state index is 13.2. The highest BCUT2D eigenvalue weighted by molar-refractivity contribution is 9.10. The fourth-order valence-corrected chi connectivity index (χ4v) is 2.53. The Morgan fingerprint density at radius 1 is 1.47 bits per heavy atom. The van der Waals surface area contributed by atoms with Crippen LogP contribution in [0.4, 0.5) is 4.39 Å². The van der Waals surface area contributed by atoms with Gasteiger partial charge in [-0.25, -0.2) is 4.39 Å². The van der Waals surface area contributed by atoms with Gasteiger partial charge in [0.2, 0.25) is 0 Å². The molecule has 2 rings (SSSR count). The van der Waals surface area contributed by atoms with Gasteiger partial charge in [0.15, 0.2) is 0 Å². The predicted octanol–water partition coefficient (Wildman–Crippen LogP) is 2.38. The zero-order valence-electron chi connectivity index (χ0n) is 10.8. The lowest BCUT2D eigenvalue weighted by Crippen LogP contribution is -2.31. The first-order chi connectivity index (χ1) is 9.01. The van der Waals surface area contributed by atoms with Crippen molar-refractivity contribution in [3.05, 3.63) is 51.5 Å². The largest absolute Gasteiger partial charge is 0.271 e. The monoisotopic (exact) mass is 326 g/mol. The summed E-state index contributed by atoms with van der Waals surface area (Å²) in [4.78, 5) is 0. The van der Waals surface area contributed by atoms with Gasteiger partial charge in [-0.3, -0.25) is 16.0 Å². The first-order valence-electron chi connectivity index (χ1n) is 5.92. The Kier molecular flexibility index (Phi) is 4.34. The van der Waals surface area contributed by atoms with E-state index in [1.807, 2.05) is 20.0 Å². The van der Waals surface area contributed by atoms with E-state index in [-0.39, 0.29) is 11.9 Å². The maximum Gasteiger partial charge on any atom is 0.137 e. The SMILES string of the molecule is Cc1cc(C(Cc2ccc(F)c(Br)c2)NN)n(C)n1. The Morgan fingerprint density at radius 2 is 2.21 bits per heavy atom. The number of halogens is 2. The topological polar surface area (TPSA) is 55.9 Å². The Balaban J connectivity index is 2.23. The van der Waals surface area contributed by atoms with E-state index in [1.54, 1.807) is 16.8 Å². The molecule has 1 heterocycles. The van der Waals surface area contributed by atoms with Crippen LogP contribution in [-0.2, 0) is 13.5 Å². The molecular weight excluding hydrogens is 311 g/mol. The number of aryl methyl sites for hydroxylation is 2. The van der Waals surface area contributed by atoms with Crippen LogP contribution >= 0.6 is 15.9 Å². The van der Waals surface area contributed by atoms with E-state index in [4.69, 9.17) is 5.84 Å². The molecule has 1 unspecified atom stereocenters. The van der Waals surface area contributed by atoms with Gasteiger partial charge in [-0.15, -0.1) is 0 Å². The normalized spacial score (nSPS) is 12.7. The molecule has 0 spiro atoms. The van der Waals surface area contributed by atoms with E-state index in [0.29, 0.717) is 10.9 Å². The van der Waals surface area contributed by atoms with Crippen molar-refractivity contribution in [2.24, 2.45) is 12.9 Å². The standard InChI is InChI=1S/C13H16BrFN4/c1-8-5-13(19(2)18-8)12(17-16)7-9-3-4-11(15)10(14)6-9/h3-6,12,17H,7,16H2,1-2H3. The van der Waals surface area contributed by atoms with Crippen LogP contribution in [-0.4, -0.2) is 9.78 Å². The van der Waals surface area contributed by atoms with E-state index in [2.05, 4.69) is 26.5 Å². The number of nitrogens with two attached hydrogens (primary N) is 1. The van der Waals surface area contributed by atoms with E-state index < -0.39 is 0 Å². The van der Waals surface area contributed by atoms with Crippen molar-refractivity contribution in [3.8, 4) is 0 Å². The highest BCUT2D eigenvalue weighted by atomic mass is 79.9. The van der Waals surface area contributed by atoms with Crippen molar-refractivity contribution in [2.45, 2.75) is 19.4 Å². The lowest BCUT2D eigenvalue weighted by molar-refractivity contribution is 0.507. The third-order valence-corrected chi connectivity index (χ3v) is 3.63. The number of aromatic nitrogens is 2. The fraction of sp³-hybridized carbons (Fsp3) is 0.308. The molecule has 0 saturated heterocycles. The van der Waals surface area contributed by atoms with E-state index in [1.165, 1.54) is 6.07 Å². The zero-order valence-corrected chi connectivity index (χ0v) is 12.4. The molecule has 1 aromatic heterocycles. The van der Waals surface area contributed by atoms with Gasteiger partial charge >= 0.3 is 0 Å². The second-order valence-electron chi connectivity index (χ2n) is 4.51. The number of rotatable bonds is 4. The van der Waals surface area contributed by atoms with Crippen molar-refractivity contribution in [3.63, 3.8) is 0 Å². The molecule has 4 nitrogen and oxygen atoms in total. The van der Waals surface area contributed by atoms with Crippen LogP contribution in [0.1, 0.15) is 23.0 Å². The van der Waals surface area contributed by atoms with Crippen LogP contribution < -0.4 is 11.3 Å². The lowest BCUT2D eigenvalue weighted by atomic mass is 10.0. The van der Waals surface area contributed by atoms with Gasteiger partial charge in [0, 0.05) is 7.05 Å². The van der Waals surface area contributed by atoms with Crippen molar-refractivity contribution in [2.75, 3.05) is 0 Å². The number of hydrogen-bond donors (Lipinski definition) is 2. The van der Waals surface area contributed by atoms with Gasteiger partial charge in [-0.1, -0.05) is 6.07 Å². The summed E-state index contributed by atoms with van der Waals surface area (Å²) in [6.07, 6.45) is 0.661. The molecule has 102 valence electrons. The average Bonchev–Trinajstić information content (AvgIpc) is 2.70. The average molecular weight is 327 g/mol. The maximum atomic E-state index is 13.2. The summed E-state index contributed by atoms with van der Waals surface area (Å²) in [5.74, 6) is 5.36. The number of benzene rings is 1. The van der Waals surface area contributed by atoms with E-state index in [9.17, 15) is 4.39 Å². The molecule has 3 N–H and O–H groups in total. The van der Waals surface area contributed by atoms with Crippen LogP contribution in [0.5, 0.6) is 0 Å². The third kappa shape index (κ3) is 3.20. The Morgan fingerprint density at radius 3 is 2.74 bits per heavy atom. The number of hydrogen-bond acceptors (Lipinski definition) is 3. The molecule has 0 saturated carbocycles. The molecule has 2 aromatic rings. The van der Waals surface area contributed by atoms with Gasteiger partial charge < -0.3 is 0 Å². The quantitative estimate of drug-likeness (QED) is 0.670. The van der Waals surface area contributed by atoms with Gasteiger partial charge in [-0.2, -0.15) is 5.10 Å². The number of nitrogens with one attached hydrogen (secondary N) is 1. The number of nitrogens with zero attached hydrogens (tertiary/aromatic N) is 2. The highest BCUT2D eigenvalue weighted by Crippen LogP contribution is 2.22. The molecule has 0 fully saturated rings. The summed E-state index contributed by atoms with van der Waals surface area (Å²) in [6.45, 7) is 1.94. The smallest absolute Gasteiger partial charge is 0.137 e. The van der Waals surface area contributed by atoms with E-state index in [0.717, 1.165) is 17.0 Å². The van der Waals surface area contributed by atoms with Crippen molar-refractivity contribution in [1.29, 1.82) is 0 Å². The van der Waals surface area contributed by atoms with Crippen LogP contribution in [0, 0.1) is 12.7 Å². The Hall–Kier alpha value is -1.24. The molecule has 0 aliphatic carbocycles. The molecule has 1 atom stereocenters. The molecule has 0 aliphatic heterocycles. The molecule has 0 bridgehead atoms. The molecular formula is C13H16BrFN4. The molecule has 19 heavy (non-hydrogen) atoms. The Bertz CT molecular complexity index is 582.